The Morgan fingerprint density at radius 3 is 2.75 bits per heavy atom. The Morgan fingerprint density at radius 2 is 2.15 bits per heavy atom. The molecule has 2 rings (SSSR count). The average molecular weight is 278 g/mol. The average Bonchev–Trinajstić information content (AvgIpc) is 2.95. The number of carbonyl (C=O) groups excluding carboxylic acids is 1. The molecule has 0 aliphatic carbocycles. The van der Waals surface area contributed by atoms with Crippen LogP contribution in [0.5, 0.6) is 0 Å². The summed E-state index contributed by atoms with van der Waals surface area (Å²) in [6.07, 6.45) is 2.07. The van der Waals surface area contributed by atoms with E-state index in [1.54, 1.807) is 0 Å². The number of rotatable bonds is 5. The lowest BCUT2D eigenvalue weighted by molar-refractivity contribution is 0.0910. The molecule has 1 amide bonds. The lowest BCUT2D eigenvalue weighted by atomic mass is 10.2. The van der Waals surface area contributed by atoms with Crippen LogP contribution in [0.1, 0.15) is 23.8 Å². The van der Waals surface area contributed by atoms with Gasteiger partial charge >= 0.3 is 0 Å². The van der Waals surface area contributed by atoms with E-state index in [1.165, 1.54) is 35.1 Å². The minimum Gasteiger partial charge on any atom is -0.394 e. The predicted octanol–water partition coefficient (Wildman–Crippen LogP) is 0.907. The predicted molar refractivity (Wildman–Crippen MR) is 69.9 cm³/mol. The molecule has 2 aromatic rings. The Bertz CT molecular complexity index is 578. The zero-order chi connectivity index (χ0) is 14.5. The van der Waals surface area contributed by atoms with E-state index in [2.05, 4.69) is 15.6 Å². The smallest absolute Gasteiger partial charge is 0.273 e. The molecule has 0 spiro atoms. The molecule has 106 valence electrons. The highest BCUT2D eigenvalue weighted by atomic mass is 19.1. The van der Waals surface area contributed by atoms with Gasteiger partial charge in [-0.2, -0.15) is 0 Å². The van der Waals surface area contributed by atoms with Crippen molar-refractivity contribution in [1.82, 2.24) is 20.3 Å². The fourth-order valence-corrected chi connectivity index (χ4v) is 1.62. The summed E-state index contributed by atoms with van der Waals surface area (Å²) in [5, 5.41) is 19.3. The first-order valence-electron chi connectivity index (χ1n) is 6.24. The van der Waals surface area contributed by atoms with Crippen LogP contribution in [0.2, 0.25) is 0 Å². The Labute approximate surface area is 115 Å². The summed E-state index contributed by atoms with van der Waals surface area (Å²) in [4.78, 5) is 11.9. The summed E-state index contributed by atoms with van der Waals surface area (Å²) in [5.74, 6) is -0.750. The normalized spacial score (nSPS) is 12.2. The topological polar surface area (TPSA) is 80.0 Å². The summed E-state index contributed by atoms with van der Waals surface area (Å²) in [6, 6.07) is 5.37. The maximum absolute atomic E-state index is 12.8. The monoisotopic (exact) mass is 278 g/mol. The van der Waals surface area contributed by atoms with Crippen molar-refractivity contribution in [3.05, 3.63) is 42.0 Å². The van der Waals surface area contributed by atoms with Gasteiger partial charge < -0.3 is 10.4 Å². The van der Waals surface area contributed by atoms with Gasteiger partial charge in [-0.3, -0.25) is 4.79 Å². The molecule has 6 nitrogen and oxygen atoms in total. The molecule has 0 aliphatic rings. The molecule has 1 atom stereocenters. The number of aliphatic hydroxyl groups excluding tert-OH is 1. The minimum absolute atomic E-state index is 0.131. The molecule has 0 radical (unpaired) electrons. The number of nitrogens with one attached hydrogen (secondary N) is 1. The molecule has 20 heavy (non-hydrogen) atoms. The first kappa shape index (κ1) is 14.1. The number of carbonyl (C=O) groups is 1. The van der Waals surface area contributed by atoms with E-state index in [9.17, 15) is 9.18 Å². The van der Waals surface area contributed by atoms with Gasteiger partial charge in [-0.1, -0.05) is 12.1 Å². The van der Waals surface area contributed by atoms with Crippen LogP contribution in [-0.2, 0) is 0 Å². The van der Waals surface area contributed by atoms with Crippen LogP contribution in [0.15, 0.2) is 30.5 Å². The lowest BCUT2D eigenvalue weighted by Crippen LogP contribution is -2.37. The molecule has 0 fully saturated rings. The Balaban J connectivity index is 2.12. The number of hydrogen-bond donors (Lipinski definition) is 2. The van der Waals surface area contributed by atoms with Crippen molar-refractivity contribution in [2.24, 2.45) is 0 Å². The molecule has 7 heteroatoms. The van der Waals surface area contributed by atoms with Gasteiger partial charge in [-0.05, 0) is 30.7 Å². The number of amides is 1. The standard InChI is InChI=1S/C13H15FN4O2/c1-2-10(8-19)15-13(20)12-7-18(17-16-12)11-5-3-9(14)4-6-11/h3-7,10,19H,2,8H2,1H3,(H,15,20). The number of aliphatic hydroxyl groups is 1. The molecule has 1 unspecified atom stereocenters. The zero-order valence-corrected chi connectivity index (χ0v) is 11.0. The second kappa shape index (κ2) is 6.25. The fraction of sp³-hybridized carbons (Fsp3) is 0.308. The van der Waals surface area contributed by atoms with E-state index in [4.69, 9.17) is 5.11 Å². The summed E-state index contributed by atoms with van der Waals surface area (Å²) < 4.78 is 14.2. The van der Waals surface area contributed by atoms with Crippen LogP contribution in [-0.4, -0.2) is 38.7 Å². The number of aromatic nitrogens is 3. The van der Waals surface area contributed by atoms with Crippen molar-refractivity contribution in [3.8, 4) is 5.69 Å². The molecule has 1 aromatic heterocycles. The van der Waals surface area contributed by atoms with Crippen molar-refractivity contribution in [2.75, 3.05) is 6.61 Å². The van der Waals surface area contributed by atoms with Gasteiger partial charge in [-0.15, -0.1) is 5.10 Å². The number of benzene rings is 1. The van der Waals surface area contributed by atoms with Gasteiger partial charge in [0.25, 0.3) is 5.91 Å². The maximum Gasteiger partial charge on any atom is 0.273 e. The van der Waals surface area contributed by atoms with Crippen molar-refractivity contribution >= 4 is 5.91 Å². The van der Waals surface area contributed by atoms with Crippen LogP contribution in [0.25, 0.3) is 5.69 Å². The van der Waals surface area contributed by atoms with Gasteiger partial charge in [0.2, 0.25) is 0 Å². The molecule has 0 saturated carbocycles. The van der Waals surface area contributed by atoms with Crippen LogP contribution in [0.3, 0.4) is 0 Å². The molecule has 1 heterocycles. The zero-order valence-electron chi connectivity index (χ0n) is 11.0. The summed E-state index contributed by atoms with van der Waals surface area (Å²) in [6.45, 7) is 1.73. The number of nitrogens with zero attached hydrogens (tertiary/aromatic N) is 3. The molecular formula is C13H15FN4O2. The van der Waals surface area contributed by atoms with Crippen molar-refractivity contribution in [2.45, 2.75) is 19.4 Å². The maximum atomic E-state index is 12.8. The molecule has 2 N–H and O–H groups in total. The fourth-order valence-electron chi connectivity index (χ4n) is 1.62. The highest BCUT2D eigenvalue weighted by Gasteiger charge is 2.15. The van der Waals surface area contributed by atoms with Gasteiger partial charge in [0, 0.05) is 0 Å². The Kier molecular flexibility index (Phi) is 4.41. The van der Waals surface area contributed by atoms with Gasteiger partial charge in [0.1, 0.15) is 5.82 Å². The van der Waals surface area contributed by atoms with E-state index in [0.29, 0.717) is 12.1 Å². The van der Waals surface area contributed by atoms with E-state index >= 15 is 0 Å². The summed E-state index contributed by atoms with van der Waals surface area (Å²) in [7, 11) is 0. The molecule has 1 aromatic carbocycles. The van der Waals surface area contributed by atoms with E-state index in [-0.39, 0.29) is 24.2 Å². The van der Waals surface area contributed by atoms with E-state index in [0.717, 1.165) is 0 Å². The second-order valence-electron chi connectivity index (χ2n) is 4.29. The molecule has 0 saturated heterocycles. The van der Waals surface area contributed by atoms with Crippen LogP contribution >= 0.6 is 0 Å². The highest BCUT2D eigenvalue weighted by Crippen LogP contribution is 2.08. The van der Waals surface area contributed by atoms with Gasteiger partial charge in [0.15, 0.2) is 5.69 Å². The van der Waals surface area contributed by atoms with Crippen molar-refractivity contribution in [1.29, 1.82) is 0 Å². The van der Waals surface area contributed by atoms with Gasteiger partial charge in [-0.25, -0.2) is 9.07 Å². The Hall–Kier alpha value is -2.28. The number of halogens is 1. The third kappa shape index (κ3) is 3.18. The second-order valence-corrected chi connectivity index (χ2v) is 4.29. The summed E-state index contributed by atoms with van der Waals surface area (Å²) >= 11 is 0. The molecule has 0 bridgehead atoms. The quantitative estimate of drug-likeness (QED) is 0.852. The first-order valence-corrected chi connectivity index (χ1v) is 6.24. The van der Waals surface area contributed by atoms with Crippen LogP contribution < -0.4 is 5.32 Å². The van der Waals surface area contributed by atoms with E-state index < -0.39 is 5.91 Å². The first-order chi connectivity index (χ1) is 9.63. The SMILES string of the molecule is CCC(CO)NC(=O)c1cn(-c2ccc(F)cc2)nn1. The third-order valence-corrected chi connectivity index (χ3v) is 2.87. The van der Waals surface area contributed by atoms with Crippen LogP contribution in [0.4, 0.5) is 4.39 Å². The van der Waals surface area contributed by atoms with Crippen LogP contribution in [0, 0.1) is 5.82 Å². The minimum atomic E-state index is -0.403. The van der Waals surface area contributed by atoms with Crippen molar-refractivity contribution < 1.29 is 14.3 Å². The highest BCUT2D eigenvalue weighted by molar-refractivity contribution is 5.92. The summed E-state index contributed by atoms with van der Waals surface area (Å²) in [5.41, 5.74) is 0.744. The molecule has 0 aliphatic heterocycles. The largest absolute Gasteiger partial charge is 0.394 e. The third-order valence-electron chi connectivity index (χ3n) is 2.87. The number of hydrogen-bond acceptors (Lipinski definition) is 4. The Morgan fingerprint density at radius 1 is 1.45 bits per heavy atom. The van der Waals surface area contributed by atoms with E-state index in [1.807, 2.05) is 6.92 Å². The van der Waals surface area contributed by atoms with Gasteiger partial charge in [0.05, 0.1) is 24.5 Å². The lowest BCUT2D eigenvalue weighted by Gasteiger charge is -2.12. The molecular weight excluding hydrogens is 263 g/mol. The van der Waals surface area contributed by atoms with Crippen molar-refractivity contribution in [3.63, 3.8) is 0 Å².